The Morgan fingerprint density at radius 2 is 1.50 bits per heavy atom. The Morgan fingerprint density at radius 3 is 2.09 bits per heavy atom. The van der Waals surface area contributed by atoms with Gasteiger partial charge in [0.2, 0.25) is 10.0 Å². The number of aliphatic hydroxyl groups excluding tert-OH is 1. The zero-order valence-electron chi connectivity index (χ0n) is 16.5. The lowest BCUT2D eigenvalue weighted by atomic mass is 9.95. The van der Waals surface area contributed by atoms with Crippen molar-refractivity contribution >= 4 is 33.2 Å². The second-order valence-electron chi connectivity index (χ2n) is 7.10. The van der Waals surface area contributed by atoms with Crippen LogP contribution in [-0.2, 0) is 19.6 Å². The van der Waals surface area contributed by atoms with E-state index in [2.05, 4.69) is 0 Å². The molecule has 3 aromatic rings. The predicted octanol–water partition coefficient (Wildman–Crippen LogP) is 3.10. The third kappa shape index (κ3) is 3.68. The largest absolute Gasteiger partial charge is 0.507 e. The van der Waals surface area contributed by atoms with Gasteiger partial charge in [-0.1, -0.05) is 48.5 Å². The third-order valence-corrected chi connectivity index (χ3v) is 6.06. The number of hydrogen-bond acceptors (Lipinski definition) is 5. The number of halogens is 1. The normalized spacial score (nSPS) is 18.2. The number of hydrogen-bond donors (Lipinski definition) is 2. The molecule has 0 aliphatic carbocycles. The van der Waals surface area contributed by atoms with Crippen molar-refractivity contribution in [3.8, 4) is 0 Å². The Bertz CT molecular complexity index is 1350. The molecule has 0 spiro atoms. The van der Waals surface area contributed by atoms with Crippen LogP contribution >= 0.6 is 0 Å². The van der Waals surface area contributed by atoms with Gasteiger partial charge in [0.1, 0.15) is 11.6 Å². The molecule has 9 heteroatoms. The van der Waals surface area contributed by atoms with Crippen molar-refractivity contribution in [1.82, 2.24) is 0 Å². The smallest absolute Gasteiger partial charge is 0.300 e. The molecule has 1 saturated heterocycles. The number of nitrogens with zero attached hydrogens (tertiary/aromatic N) is 1. The van der Waals surface area contributed by atoms with Crippen molar-refractivity contribution in [1.29, 1.82) is 0 Å². The van der Waals surface area contributed by atoms with E-state index in [1.54, 1.807) is 36.4 Å². The molecule has 0 radical (unpaired) electrons. The minimum Gasteiger partial charge on any atom is -0.507 e. The van der Waals surface area contributed by atoms with Crippen molar-refractivity contribution in [2.24, 2.45) is 5.14 Å². The fourth-order valence-electron chi connectivity index (χ4n) is 3.64. The summed E-state index contributed by atoms with van der Waals surface area (Å²) >= 11 is 0. The first-order valence-electron chi connectivity index (χ1n) is 9.44. The lowest BCUT2D eigenvalue weighted by molar-refractivity contribution is -0.132. The van der Waals surface area contributed by atoms with Crippen LogP contribution in [0.15, 0.2) is 89.3 Å². The number of primary sulfonamides is 1. The number of rotatable bonds is 4. The molecule has 4 rings (SSSR count). The maximum absolute atomic E-state index is 14.8. The Kier molecular flexibility index (Phi) is 5.37. The maximum Gasteiger partial charge on any atom is 0.300 e. The number of aliphatic hydroxyl groups is 1. The summed E-state index contributed by atoms with van der Waals surface area (Å²) in [5.74, 6) is -3.10. The van der Waals surface area contributed by atoms with Crippen LogP contribution in [-0.4, -0.2) is 25.2 Å². The third-order valence-electron chi connectivity index (χ3n) is 5.13. The number of sulfonamides is 1. The molecule has 3 aromatic carbocycles. The number of anilines is 1. The van der Waals surface area contributed by atoms with Crippen LogP contribution in [0.5, 0.6) is 0 Å². The molecule has 0 bridgehead atoms. The van der Waals surface area contributed by atoms with Gasteiger partial charge in [-0.3, -0.25) is 14.5 Å². The summed E-state index contributed by atoms with van der Waals surface area (Å²) in [4.78, 5) is 26.8. The van der Waals surface area contributed by atoms with Crippen LogP contribution < -0.4 is 10.0 Å². The average molecular weight is 452 g/mol. The van der Waals surface area contributed by atoms with Crippen LogP contribution in [0.4, 0.5) is 10.1 Å². The summed E-state index contributed by atoms with van der Waals surface area (Å²) in [6.07, 6.45) is 0. The van der Waals surface area contributed by atoms with Gasteiger partial charge in [-0.15, -0.1) is 0 Å². The molecule has 1 amide bonds. The second kappa shape index (κ2) is 8.03. The maximum atomic E-state index is 14.8. The first-order chi connectivity index (χ1) is 15.2. The summed E-state index contributed by atoms with van der Waals surface area (Å²) in [7, 11) is -3.98. The Morgan fingerprint density at radius 1 is 0.906 bits per heavy atom. The van der Waals surface area contributed by atoms with Crippen LogP contribution in [0.2, 0.25) is 0 Å². The molecule has 3 N–H and O–H groups in total. The number of Topliss-reactive ketones (excluding diaryl/α,β-unsaturated/α-hetero) is 1. The lowest BCUT2D eigenvalue weighted by Gasteiger charge is -2.25. The summed E-state index contributed by atoms with van der Waals surface area (Å²) in [6.45, 7) is 0. The Hall–Kier alpha value is -3.82. The number of nitrogens with two attached hydrogens (primary N) is 1. The summed E-state index contributed by atoms with van der Waals surface area (Å²) in [5, 5.41) is 16.0. The van der Waals surface area contributed by atoms with E-state index in [1.165, 1.54) is 42.5 Å². The number of benzene rings is 3. The molecule has 0 aromatic heterocycles. The minimum absolute atomic E-state index is 0.000274. The van der Waals surface area contributed by atoms with Crippen molar-refractivity contribution in [2.75, 3.05) is 4.90 Å². The van der Waals surface area contributed by atoms with Crippen molar-refractivity contribution in [2.45, 2.75) is 10.9 Å². The van der Waals surface area contributed by atoms with E-state index >= 15 is 0 Å². The van der Waals surface area contributed by atoms with E-state index in [9.17, 15) is 27.5 Å². The molecule has 7 nitrogen and oxygen atoms in total. The summed E-state index contributed by atoms with van der Waals surface area (Å²) < 4.78 is 37.9. The van der Waals surface area contributed by atoms with E-state index in [-0.39, 0.29) is 27.3 Å². The fourth-order valence-corrected chi connectivity index (χ4v) is 4.15. The van der Waals surface area contributed by atoms with Crippen molar-refractivity contribution < 1.29 is 27.5 Å². The summed E-state index contributed by atoms with van der Waals surface area (Å²) in [6, 6.07) is 17.4. The highest BCUT2D eigenvalue weighted by Gasteiger charge is 2.47. The first kappa shape index (κ1) is 21.4. The SMILES string of the molecule is NS(=O)(=O)c1ccc(N2C(=O)C(=O)C(=C(O)c3ccccc3)[C@@H]2c2ccccc2F)cc1. The van der Waals surface area contributed by atoms with Gasteiger partial charge in [0.25, 0.3) is 11.7 Å². The molecular formula is C23H17FN2O5S. The van der Waals surface area contributed by atoms with Crippen LogP contribution in [0.1, 0.15) is 17.2 Å². The molecule has 1 aliphatic rings. The van der Waals surface area contributed by atoms with E-state index in [4.69, 9.17) is 5.14 Å². The lowest BCUT2D eigenvalue weighted by Crippen LogP contribution is -2.30. The first-order valence-corrected chi connectivity index (χ1v) is 11.0. The zero-order chi connectivity index (χ0) is 23.0. The topological polar surface area (TPSA) is 118 Å². The predicted molar refractivity (Wildman–Crippen MR) is 115 cm³/mol. The monoisotopic (exact) mass is 452 g/mol. The van der Waals surface area contributed by atoms with E-state index in [0.717, 1.165) is 4.90 Å². The minimum atomic E-state index is -3.98. The number of ketones is 1. The van der Waals surface area contributed by atoms with Crippen LogP contribution in [0, 0.1) is 5.82 Å². The quantitative estimate of drug-likeness (QED) is 0.358. The molecule has 1 atom stereocenters. The van der Waals surface area contributed by atoms with Crippen molar-refractivity contribution in [3.63, 3.8) is 0 Å². The highest BCUT2D eigenvalue weighted by atomic mass is 32.2. The van der Waals surface area contributed by atoms with Gasteiger partial charge in [0.05, 0.1) is 16.5 Å². The van der Waals surface area contributed by atoms with Gasteiger partial charge in [0.15, 0.2) is 0 Å². The molecule has 1 fully saturated rings. The molecule has 0 unspecified atom stereocenters. The number of carbonyl (C=O) groups excluding carboxylic acids is 2. The second-order valence-corrected chi connectivity index (χ2v) is 8.66. The van der Waals surface area contributed by atoms with Crippen LogP contribution in [0.3, 0.4) is 0 Å². The Labute approximate surface area is 183 Å². The summed E-state index contributed by atoms with van der Waals surface area (Å²) in [5.41, 5.74) is 0.151. The molecule has 32 heavy (non-hydrogen) atoms. The van der Waals surface area contributed by atoms with Gasteiger partial charge < -0.3 is 5.11 Å². The number of carbonyl (C=O) groups is 2. The van der Waals surface area contributed by atoms with Gasteiger partial charge >= 0.3 is 0 Å². The fraction of sp³-hybridized carbons (Fsp3) is 0.0435. The zero-order valence-corrected chi connectivity index (χ0v) is 17.3. The molecule has 1 aliphatic heterocycles. The van der Waals surface area contributed by atoms with Gasteiger partial charge in [-0.2, -0.15) is 0 Å². The highest BCUT2D eigenvalue weighted by Crippen LogP contribution is 2.42. The Balaban J connectivity index is 1.94. The standard InChI is InChI=1S/C23H17FN2O5S/c24-18-9-5-4-8-17(18)20-19(21(27)14-6-2-1-3-7-14)22(28)23(29)26(20)15-10-12-16(13-11-15)32(25,30)31/h1-13,20,27H,(H2,25,30,31)/t20-/m0/s1. The molecule has 162 valence electrons. The average Bonchev–Trinajstić information content (AvgIpc) is 3.04. The van der Waals surface area contributed by atoms with Crippen LogP contribution in [0.25, 0.3) is 5.76 Å². The van der Waals surface area contributed by atoms with Gasteiger partial charge in [0, 0.05) is 16.8 Å². The van der Waals surface area contributed by atoms with E-state index < -0.39 is 39.3 Å². The van der Waals surface area contributed by atoms with E-state index in [0.29, 0.717) is 0 Å². The molecule has 1 heterocycles. The molecular weight excluding hydrogens is 435 g/mol. The van der Waals surface area contributed by atoms with Crippen molar-refractivity contribution in [3.05, 3.63) is 101 Å². The molecule has 0 saturated carbocycles. The van der Waals surface area contributed by atoms with E-state index in [1.807, 2.05) is 0 Å². The van der Waals surface area contributed by atoms with Gasteiger partial charge in [-0.05, 0) is 30.3 Å². The number of amides is 1. The van der Waals surface area contributed by atoms with Gasteiger partial charge in [-0.25, -0.2) is 17.9 Å². The highest BCUT2D eigenvalue weighted by molar-refractivity contribution is 7.89.